The second-order valence-corrected chi connectivity index (χ2v) is 4.82. The maximum absolute atomic E-state index is 12.0. The van der Waals surface area contributed by atoms with Crippen LogP contribution in [0.2, 0.25) is 0 Å². The van der Waals surface area contributed by atoms with Crippen LogP contribution in [-0.4, -0.2) is 42.7 Å². The highest BCUT2D eigenvalue weighted by Gasteiger charge is 2.50. The molecule has 0 aromatic carbocycles. The summed E-state index contributed by atoms with van der Waals surface area (Å²) in [7, 11) is 0. The van der Waals surface area contributed by atoms with Crippen molar-refractivity contribution < 1.29 is 14.7 Å². The summed E-state index contributed by atoms with van der Waals surface area (Å²) < 4.78 is 0. The number of carbonyl (C=O) groups is 2. The predicted octanol–water partition coefficient (Wildman–Crippen LogP) is 0.419. The number of allylic oxidation sites excluding steroid dienone is 1. The van der Waals surface area contributed by atoms with Crippen LogP contribution in [0, 0.1) is 0 Å². The Kier molecular flexibility index (Phi) is 2.27. The number of H-pyrrole nitrogens is 1. The molecule has 2 N–H and O–H groups in total. The molecule has 0 radical (unpaired) electrons. The van der Waals surface area contributed by atoms with Crippen molar-refractivity contribution in [2.45, 2.75) is 12.3 Å². The van der Waals surface area contributed by atoms with E-state index in [1.54, 1.807) is 6.92 Å². The fraction of sp³-hybridized carbons (Fsp3) is 0.200. The Balaban J connectivity index is 1.95. The molecule has 1 amide bonds. The maximum Gasteiger partial charge on any atom is 0.353 e. The summed E-state index contributed by atoms with van der Waals surface area (Å²) in [4.78, 5) is 24.2. The van der Waals surface area contributed by atoms with E-state index in [2.05, 4.69) is 15.4 Å². The number of hydrogen-bond acceptors (Lipinski definition) is 5. The van der Waals surface area contributed by atoms with Crippen LogP contribution in [0.3, 0.4) is 0 Å². The summed E-state index contributed by atoms with van der Waals surface area (Å²) in [5.74, 6) is -1.37. The average Bonchev–Trinajstić information content (AvgIpc) is 2.95. The molecule has 3 rings (SSSR count). The number of aromatic nitrogens is 3. The first-order valence-electron chi connectivity index (χ1n) is 5.10. The molecule has 0 unspecified atom stereocenters. The smallest absolute Gasteiger partial charge is 0.353 e. The Morgan fingerprint density at radius 1 is 1.61 bits per heavy atom. The van der Waals surface area contributed by atoms with Crippen LogP contribution in [0.1, 0.15) is 12.6 Å². The van der Waals surface area contributed by atoms with Crippen LogP contribution in [0.4, 0.5) is 0 Å². The van der Waals surface area contributed by atoms with Crippen LogP contribution < -0.4 is 0 Å². The minimum Gasteiger partial charge on any atom is -0.477 e. The van der Waals surface area contributed by atoms with Crippen LogP contribution in [0.15, 0.2) is 22.9 Å². The quantitative estimate of drug-likeness (QED) is 0.593. The van der Waals surface area contributed by atoms with Crippen molar-refractivity contribution in [1.29, 1.82) is 0 Å². The highest BCUT2D eigenvalue weighted by atomic mass is 32.2. The van der Waals surface area contributed by atoms with E-state index >= 15 is 0 Å². The molecule has 1 atom stereocenters. The van der Waals surface area contributed by atoms with Gasteiger partial charge in [-0.1, -0.05) is 0 Å². The third-order valence-corrected chi connectivity index (χ3v) is 3.98. The second kappa shape index (κ2) is 3.70. The topological polar surface area (TPSA) is 99.2 Å². The Morgan fingerprint density at radius 2 is 2.39 bits per heavy atom. The van der Waals surface area contributed by atoms with Crippen molar-refractivity contribution in [3.8, 4) is 0 Å². The summed E-state index contributed by atoms with van der Waals surface area (Å²) >= 11 is 1.31. The zero-order chi connectivity index (χ0) is 12.9. The van der Waals surface area contributed by atoms with E-state index in [9.17, 15) is 9.59 Å². The van der Waals surface area contributed by atoms with Gasteiger partial charge in [-0.2, -0.15) is 15.4 Å². The number of carboxylic acids is 1. The van der Waals surface area contributed by atoms with Crippen LogP contribution >= 0.6 is 11.8 Å². The molecule has 0 aliphatic carbocycles. The van der Waals surface area contributed by atoms with E-state index in [-0.39, 0.29) is 17.0 Å². The molecule has 1 saturated heterocycles. The molecule has 3 heterocycles. The minimum atomic E-state index is -1.09. The van der Waals surface area contributed by atoms with Crippen LogP contribution in [-0.2, 0) is 9.59 Å². The third kappa shape index (κ3) is 1.32. The van der Waals surface area contributed by atoms with Gasteiger partial charge >= 0.3 is 5.97 Å². The Morgan fingerprint density at radius 3 is 3.00 bits per heavy atom. The zero-order valence-corrected chi connectivity index (χ0v) is 10.1. The van der Waals surface area contributed by atoms with Gasteiger partial charge in [0.05, 0.1) is 11.8 Å². The molecule has 2 aliphatic heterocycles. The average molecular weight is 264 g/mol. The molecule has 8 heteroatoms. The summed E-state index contributed by atoms with van der Waals surface area (Å²) in [6.45, 7) is 1.78. The number of fused-ring (bicyclic) bond motifs is 1. The molecule has 1 aromatic rings. The number of hydrogen-bond donors (Lipinski definition) is 2. The largest absolute Gasteiger partial charge is 0.477 e. The van der Waals surface area contributed by atoms with Crippen molar-refractivity contribution in [2.75, 3.05) is 0 Å². The summed E-state index contributed by atoms with van der Waals surface area (Å²) in [5, 5.41) is 20.3. The molecular formula is C10H8N4O3S. The molecule has 0 saturated carbocycles. The first kappa shape index (κ1) is 11.0. The second-order valence-electron chi connectivity index (χ2n) is 3.87. The minimum absolute atomic E-state index is 0.0340. The molecule has 2 aliphatic rings. The fourth-order valence-corrected chi connectivity index (χ4v) is 3.19. The zero-order valence-electron chi connectivity index (χ0n) is 9.25. The van der Waals surface area contributed by atoms with E-state index in [1.165, 1.54) is 28.3 Å². The highest BCUT2D eigenvalue weighted by molar-refractivity contribution is 8.03. The van der Waals surface area contributed by atoms with Gasteiger partial charge in [0.2, 0.25) is 0 Å². The summed E-state index contributed by atoms with van der Waals surface area (Å²) in [6, 6.07) is 0. The van der Waals surface area contributed by atoms with Gasteiger partial charge in [-0.15, -0.1) is 11.8 Å². The number of rotatable bonds is 2. The summed E-state index contributed by atoms with van der Waals surface area (Å²) in [6.07, 6.45) is 1.53. The number of amides is 1. The monoisotopic (exact) mass is 264 g/mol. The summed E-state index contributed by atoms with van der Waals surface area (Å²) in [5.41, 5.74) is 1.94. The molecule has 92 valence electrons. The van der Waals surface area contributed by atoms with Crippen molar-refractivity contribution in [3.05, 3.63) is 28.6 Å². The van der Waals surface area contributed by atoms with E-state index < -0.39 is 5.97 Å². The standard InChI is InChI=1S/C10H8N4O3S/c1-4(5-2-11-13-12-5)7-8(15)14-6(10(16)17)3-18-9(7)14/h2-3,9H,1H3,(H,16,17)(H,11,12,13)/b7-4-/t9-/m0/s1. The highest BCUT2D eigenvalue weighted by Crippen LogP contribution is 2.46. The number of aliphatic carboxylic acids is 1. The van der Waals surface area contributed by atoms with E-state index in [0.717, 1.165) is 5.57 Å². The molecule has 0 spiro atoms. The Labute approximate surface area is 106 Å². The lowest BCUT2D eigenvalue weighted by atomic mass is 9.98. The molecule has 1 aromatic heterocycles. The van der Waals surface area contributed by atoms with Crippen LogP contribution in [0.25, 0.3) is 5.57 Å². The van der Waals surface area contributed by atoms with Gasteiger partial charge in [0.1, 0.15) is 16.8 Å². The lowest BCUT2D eigenvalue weighted by Crippen LogP contribution is -2.51. The molecule has 0 bridgehead atoms. The van der Waals surface area contributed by atoms with Crippen LogP contribution in [0.5, 0.6) is 0 Å². The Hall–Kier alpha value is -2.09. The number of aromatic amines is 1. The molecule has 7 nitrogen and oxygen atoms in total. The molecular weight excluding hydrogens is 256 g/mol. The lowest BCUT2D eigenvalue weighted by Gasteiger charge is -2.38. The van der Waals surface area contributed by atoms with Gasteiger partial charge in [-0.05, 0) is 12.5 Å². The maximum atomic E-state index is 12.0. The van der Waals surface area contributed by atoms with Gasteiger partial charge in [0.15, 0.2) is 0 Å². The normalized spacial score (nSPS) is 24.5. The van der Waals surface area contributed by atoms with Crippen molar-refractivity contribution >= 4 is 29.2 Å². The first-order valence-corrected chi connectivity index (χ1v) is 6.05. The number of carbonyl (C=O) groups excluding carboxylic acids is 1. The van der Waals surface area contributed by atoms with Gasteiger partial charge in [-0.25, -0.2) is 4.79 Å². The first-order chi connectivity index (χ1) is 8.61. The number of β-lactam (4-membered cyclic amide) rings is 1. The third-order valence-electron chi connectivity index (χ3n) is 2.92. The van der Waals surface area contributed by atoms with Crippen molar-refractivity contribution in [2.24, 2.45) is 0 Å². The number of carboxylic acid groups (broad SMARTS) is 1. The number of nitrogens with zero attached hydrogens (tertiary/aromatic N) is 3. The SMILES string of the molecule is C/C(=C1\C(=O)N2C(C(=O)O)=CS[C@@H]12)c1cn[nH]n1. The van der Waals surface area contributed by atoms with Gasteiger partial charge in [0, 0.05) is 5.41 Å². The molecule has 1 fully saturated rings. The van der Waals surface area contributed by atoms with Crippen molar-refractivity contribution in [1.82, 2.24) is 20.3 Å². The van der Waals surface area contributed by atoms with Crippen molar-refractivity contribution in [3.63, 3.8) is 0 Å². The fourth-order valence-electron chi connectivity index (χ4n) is 1.97. The van der Waals surface area contributed by atoms with E-state index in [4.69, 9.17) is 5.11 Å². The van der Waals surface area contributed by atoms with E-state index in [1.807, 2.05) is 0 Å². The van der Waals surface area contributed by atoms with Gasteiger partial charge in [-0.3, -0.25) is 9.69 Å². The molecule has 18 heavy (non-hydrogen) atoms. The van der Waals surface area contributed by atoms with Gasteiger partial charge < -0.3 is 5.11 Å². The predicted molar refractivity (Wildman–Crippen MR) is 62.9 cm³/mol. The number of thioether (sulfide) groups is 1. The van der Waals surface area contributed by atoms with Gasteiger partial charge in [0.25, 0.3) is 5.91 Å². The van der Waals surface area contributed by atoms with E-state index in [0.29, 0.717) is 11.3 Å². The Bertz CT molecular complexity index is 605. The number of nitrogens with one attached hydrogen (secondary N) is 1. The lowest BCUT2D eigenvalue weighted by molar-refractivity contribution is -0.141.